The molecule has 2 heteroatoms. The third-order valence-corrected chi connectivity index (χ3v) is 3.18. The van der Waals surface area contributed by atoms with Crippen molar-refractivity contribution in [1.29, 1.82) is 0 Å². The van der Waals surface area contributed by atoms with Gasteiger partial charge in [0.25, 0.3) is 0 Å². The van der Waals surface area contributed by atoms with Crippen LogP contribution in [-0.4, -0.2) is 24.0 Å². The van der Waals surface area contributed by atoms with E-state index in [0.29, 0.717) is 0 Å². The first-order valence-corrected chi connectivity index (χ1v) is 6.58. The lowest BCUT2D eigenvalue weighted by molar-refractivity contribution is 0.750. The monoisotopic (exact) mass is 248 g/mol. The zero-order valence-corrected chi connectivity index (χ0v) is 11.0. The van der Waals surface area contributed by atoms with Crippen molar-refractivity contribution in [1.82, 2.24) is 0 Å². The van der Waals surface area contributed by atoms with Gasteiger partial charge in [-0.3, -0.25) is 9.98 Å². The molecule has 0 spiro atoms. The molecule has 0 bridgehead atoms. The minimum Gasteiger partial charge on any atom is -0.280 e. The minimum absolute atomic E-state index is 0.252. The quantitative estimate of drug-likeness (QED) is 0.778. The molecule has 0 aromatic heterocycles. The van der Waals surface area contributed by atoms with Crippen LogP contribution in [0.15, 0.2) is 70.6 Å². The van der Waals surface area contributed by atoms with Gasteiger partial charge in [0.15, 0.2) is 0 Å². The summed E-state index contributed by atoms with van der Waals surface area (Å²) in [5.41, 5.74) is 4.28. The molecule has 3 rings (SSSR count). The molecule has 0 saturated carbocycles. The van der Waals surface area contributed by atoms with E-state index in [9.17, 15) is 0 Å². The topological polar surface area (TPSA) is 24.7 Å². The van der Waals surface area contributed by atoms with Crippen LogP contribution in [0.5, 0.6) is 0 Å². The molecular weight excluding hydrogens is 232 g/mol. The van der Waals surface area contributed by atoms with Crippen molar-refractivity contribution in [3.05, 3.63) is 71.8 Å². The van der Waals surface area contributed by atoms with Gasteiger partial charge in [-0.25, -0.2) is 0 Å². The highest BCUT2D eigenvalue weighted by atomic mass is 14.9. The van der Waals surface area contributed by atoms with Gasteiger partial charge in [-0.05, 0) is 6.92 Å². The first-order valence-electron chi connectivity index (χ1n) is 6.58. The summed E-state index contributed by atoms with van der Waals surface area (Å²) in [6.45, 7) is 2.87. The van der Waals surface area contributed by atoms with Gasteiger partial charge in [0, 0.05) is 11.1 Å². The van der Waals surface area contributed by atoms with Crippen LogP contribution < -0.4 is 0 Å². The first kappa shape index (κ1) is 11.8. The molecule has 2 aromatic carbocycles. The zero-order valence-electron chi connectivity index (χ0n) is 11.0. The highest BCUT2D eigenvalue weighted by Gasteiger charge is 2.18. The smallest absolute Gasteiger partial charge is 0.0908 e. The number of hydrogen-bond donors (Lipinski definition) is 0. The lowest BCUT2D eigenvalue weighted by atomic mass is 9.98. The number of benzene rings is 2. The standard InChI is InChI=1S/C17H16N2/c1-13-12-18-16(14-8-4-2-5-9-14)17(19-13)15-10-6-3-7-11-15/h2-11,13H,12H2,1H3. The second-order valence-electron chi connectivity index (χ2n) is 4.75. The third-order valence-electron chi connectivity index (χ3n) is 3.18. The van der Waals surface area contributed by atoms with Crippen molar-refractivity contribution < 1.29 is 0 Å². The van der Waals surface area contributed by atoms with Crippen LogP contribution >= 0.6 is 0 Å². The molecule has 1 atom stereocenters. The summed E-state index contributed by atoms with van der Waals surface area (Å²) in [6.07, 6.45) is 0. The van der Waals surface area contributed by atoms with Crippen molar-refractivity contribution in [3.8, 4) is 0 Å². The molecule has 1 heterocycles. The Balaban J connectivity index is 2.07. The summed E-state index contributed by atoms with van der Waals surface area (Å²) in [4.78, 5) is 9.52. The van der Waals surface area contributed by atoms with Crippen molar-refractivity contribution >= 4 is 11.4 Å². The number of rotatable bonds is 2. The fourth-order valence-corrected chi connectivity index (χ4v) is 2.25. The lowest BCUT2D eigenvalue weighted by Gasteiger charge is -2.18. The predicted molar refractivity (Wildman–Crippen MR) is 80.3 cm³/mol. The fraction of sp³-hybridized carbons (Fsp3) is 0.176. The van der Waals surface area contributed by atoms with Gasteiger partial charge in [-0.2, -0.15) is 0 Å². The summed E-state index contributed by atoms with van der Waals surface area (Å²) in [7, 11) is 0. The second kappa shape index (κ2) is 5.19. The van der Waals surface area contributed by atoms with Crippen LogP contribution in [0.4, 0.5) is 0 Å². The highest BCUT2D eigenvalue weighted by Crippen LogP contribution is 2.15. The predicted octanol–water partition coefficient (Wildman–Crippen LogP) is 3.37. The van der Waals surface area contributed by atoms with Crippen LogP contribution in [0, 0.1) is 0 Å². The van der Waals surface area contributed by atoms with Crippen LogP contribution in [0.1, 0.15) is 18.1 Å². The van der Waals surface area contributed by atoms with E-state index < -0.39 is 0 Å². The van der Waals surface area contributed by atoms with E-state index in [2.05, 4.69) is 31.2 Å². The first-order chi connectivity index (χ1) is 9.34. The molecule has 0 N–H and O–H groups in total. The molecule has 2 aromatic rings. The van der Waals surface area contributed by atoms with Crippen molar-refractivity contribution in [2.45, 2.75) is 13.0 Å². The maximum absolute atomic E-state index is 4.80. The summed E-state index contributed by atoms with van der Waals surface area (Å²) >= 11 is 0. The second-order valence-corrected chi connectivity index (χ2v) is 4.75. The van der Waals surface area contributed by atoms with Gasteiger partial charge in [0.1, 0.15) is 0 Å². The van der Waals surface area contributed by atoms with Gasteiger partial charge < -0.3 is 0 Å². The molecule has 1 aliphatic heterocycles. The average Bonchev–Trinajstić information content (AvgIpc) is 2.49. The van der Waals surface area contributed by atoms with Gasteiger partial charge in [0.05, 0.1) is 24.0 Å². The van der Waals surface area contributed by atoms with Gasteiger partial charge in [-0.15, -0.1) is 0 Å². The van der Waals surface area contributed by atoms with E-state index in [1.807, 2.05) is 36.4 Å². The lowest BCUT2D eigenvalue weighted by Crippen LogP contribution is -2.26. The summed E-state index contributed by atoms with van der Waals surface area (Å²) in [6, 6.07) is 20.8. The van der Waals surface area contributed by atoms with Gasteiger partial charge in [-0.1, -0.05) is 60.7 Å². The summed E-state index contributed by atoms with van der Waals surface area (Å²) < 4.78 is 0. The van der Waals surface area contributed by atoms with Crippen LogP contribution in [0.3, 0.4) is 0 Å². The molecule has 0 saturated heterocycles. The average molecular weight is 248 g/mol. The van der Waals surface area contributed by atoms with Crippen LogP contribution in [0.2, 0.25) is 0 Å². The van der Waals surface area contributed by atoms with E-state index >= 15 is 0 Å². The molecule has 1 unspecified atom stereocenters. The number of nitrogens with zero attached hydrogens (tertiary/aromatic N) is 2. The van der Waals surface area contributed by atoms with E-state index in [0.717, 1.165) is 29.1 Å². The van der Waals surface area contributed by atoms with Crippen LogP contribution in [-0.2, 0) is 0 Å². The Kier molecular flexibility index (Phi) is 3.23. The Labute approximate surface area is 113 Å². The molecular formula is C17H16N2. The molecule has 2 nitrogen and oxygen atoms in total. The van der Waals surface area contributed by atoms with Crippen LogP contribution in [0.25, 0.3) is 0 Å². The Morgan fingerprint density at radius 1 is 0.789 bits per heavy atom. The Morgan fingerprint density at radius 2 is 1.32 bits per heavy atom. The maximum Gasteiger partial charge on any atom is 0.0908 e. The molecule has 94 valence electrons. The Bertz CT molecular complexity index is 612. The third kappa shape index (κ3) is 2.48. The molecule has 1 aliphatic rings. The van der Waals surface area contributed by atoms with Gasteiger partial charge >= 0.3 is 0 Å². The Hall–Kier alpha value is -2.22. The van der Waals surface area contributed by atoms with E-state index in [1.165, 1.54) is 0 Å². The number of hydrogen-bond acceptors (Lipinski definition) is 2. The molecule has 0 aliphatic carbocycles. The molecule has 0 fully saturated rings. The molecule has 19 heavy (non-hydrogen) atoms. The Morgan fingerprint density at radius 3 is 1.89 bits per heavy atom. The molecule has 0 radical (unpaired) electrons. The highest BCUT2D eigenvalue weighted by molar-refractivity contribution is 6.53. The molecule has 0 amide bonds. The maximum atomic E-state index is 4.80. The normalized spacial score (nSPS) is 18.7. The largest absolute Gasteiger partial charge is 0.280 e. The van der Waals surface area contributed by atoms with E-state index in [4.69, 9.17) is 9.98 Å². The van der Waals surface area contributed by atoms with E-state index in [-0.39, 0.29) is 6.04 Å². The zero-order chi connectivity index (χ0) is 13.1. The summed E-state index contributed by atoms with van der Waals surface area (Å²) in [5.74, 6) is 0. The number of aliphatic imine (C=N–C) groups is 2. The summed E-state index contributed by atoms with van der Waals surface area (Å²) in [5, 5.41) is 0. The van der Waals surface area contributed by atoms with Crippen molar-refractivity contribution in [2.24, 2.45) is 9.98 Å². The fourth-order valence-electron chi connectivity index (χ4n) is 2.25. The van der Waals surface area contributed by atoms with Crippen molar-refractivity contribution in [2.75, 3.05) is 6.54 Å². The van der Waals surface area contributed by atoms with E-state index in [1.54, 1.807) is 0 Å². The SMILES string of the molecule is CC1CN=C(c2ccccc2)C(c2ccccc2)=N1. The minimum atomic E-state index is 0.252. The van der Waals surface area contributed by atoms with Gasteiger partial charge in [0.2, 0.25) is 0 Å². The van der Waals surface area contributed by atoms with Crippen molar-refractivity contribution in [3.63, 3.8) is 0 Å².